The Labute approximate surface area is 114 Å². The van der Waals surface area contributed by atoms with Crippen LogP contribution in [-0.2, 0) is 11.3 Å². The van der Waals surface area contributed by atoms with Gasteiger partial charge < -0.3 is 9.84 Å². The van der Waals surface area contributed by atoms with Crippen LogP contribution in [0.3, 0.4) is 0 Å². The minimum Gasteiger partial charge on any atom is -0.361 e. The summed E-state index contributed by atoms with van der Waals surface area (Å²) >= 11 is 0. The fourth-order valence-corrected chi connectivity index (χ4v) is 2.64. The number of hydrogen-bond acceptors (Lipinski definition) is 3. The smallest absolute Gasteiger partial charge is 0.224 e. The number of aromatic nitrogens is 1. The fourth-order valence-electron chi connectivity index (χ4n) is 2.64. The van der Waals surface area contributed by atoms with Gasteiger partial charge in [-0.1, -0.05) is 30.7 Å². The molecule has 1 aromatic rings. The van der Waals surface area contributed by atoms with Gasteiger partial charge in [0.1, 0.15) is 11.5 Å². The highest BCUT2D eigenvalue weighted by Crippen LogP contribution is 2.59. The number of hydrogen-bond donors (Lipinski definition) is 1. The first kappa shape index (κ1) is 13.8. The van der Waals surface area contributed by atoms with E-state index in [0.717, 1.165) is 11.5 Å². The quantitative estimate of drug-likeness (QED) is 0.849. The van der Waals surface area contributed by atoms with Crippen molar-refractivity contribution in [3.63, 3.8) is 0 Å². The average Bonchev–Trinajstić information content (AvgIpc) is 2.67. The summed E-state index contributed by atoms with van der Waals surface area (Å²) < 4.78 is 4.98. The Kier molecular flexibility index (Phi) is 3.52. The lowest BCUT2D eigenvalue weighted by atomic mass is 10.1. The maximum atomic E-state index is 12.2. The van der Waals surface area contributed by atoms with Gasteiger partial charge in [0.15, 0.2) is 0 Å². The van der Waals surface area contributed by atoms with E-state index in [4.69, 9.17) is 4.52 Å². The monoisotopic (exact) mass is 262 g/mol. The topological polar surface area (TPSA) is 55.1 Å². The zero-order valence-electron chi connectivity index (χ0n) is 12.3. The molecule has 0 bridgehead atoms. The van der Waals surface area contributed by atoms with Gasteiger partial charge in [0.2, 0.25) is 5.91 Å². The van der Waals surface area contributed by atoms with Gasteiger partial charge in [0.25, 0.3) is 0 Å². The number of nitrogens with zero attached hydrogens (tertiary/aromatic N) is 1. The van der Waals surface area contributed by atoms with Gasteiger partial charge in [-0.05, 0) is 32.1 Å². The predicted molar refractivity (Wildman–Crippen MR) is 73.3 cm³/mol. The molecule has 1 fully saturated rings. The fraction of sp³-hybridized carbons (Fsp3) is 0.600. The van der Waals surface area contributed by atoms with Gasteiger partial charge in [-0.2, -0.15) is 0 Å². The molecule has 19 heavy (non-hydrogen) atoms. The highest BCUT2D eigenvalue weighted by molar-refractivity contribution is 5.83. The van der Waals surface area contributed by atoms with Crippen molar-refractivity contribution < 1.29 is 9.32 Å². The molecule has 1 aliphatic carbocycles. The molecule has 104 valence electrons. The third kappa shape index (κ3) is 2.88. The molecule has 0 spiro atoms. The molecule has 0 aliphatic heterocycles. The number of nitrogens with one attached hydrogen (secondary N) is 1. The molecular formula is C15H22N2O2. The molecule has 1 saturated carbocycles. The van der Waals surface area contributed by atoms with Crippen LogP contribution in [0.1, 0.15) is 39.1 Å². The van der Waals surface area contributed by atoms with Crippen molar-refractivity contribution in [2.75, 3.05) is 0 Å². The van der Waals surface area contributed by atoms with Crippen LogP contribution in [-0.4, -0.2) is 11.1 Å². The molecule has 0 aromatic carbocycles. The van der Waals surface area contributed by atoms with E-state index in [1.807, 2.05) is 13.0 Å². The van der Waals surface area contributed by atoms with Gasteiger partial charge in [-0.15, -0.1) is 0 Å². The summed E-state index contributed by atoms with van der Waals surface area (Å²) in [4.78, 5) is 12.2. The van der Waals surface area contributed by atoms with Gasteiger partial charge in [-0.3, -0.25) is 4.79 Å². The molecule has 1 heterocycles. The molecule has 0 saturated heterocycles. The number of carbonyl (C=O) groups is 1. The van der Waals surface area contributed by atoms with E-state index in [-0.39, 0.29) is 17.2 Å². The van der Waals surface area contributed by atoms with E-state index >= 15 is 0 Å². The van der Waals surface area contributed by atoms with Crippen molar-refractivity contribution in [1.82, 2.24) is 10.5 Å². The van der Waals surface area contributed by atoms with E-state index in [0.29, 0.717) is 12.5 Å². The SMILES string of the molecule is CC(C)=C[C@@H]1[C@H](C(=O)NCc2cc(C)on2)C1(C)C. The molecule has 2 rings (SSSR count). The lowest BCUT2D eigenvalue weighted by molar-refractivity contribution is -0.123. The lowest BCUT2D eigenvalue weighted by Gasteiger charge is -2.03. The zero-order valence-corrected chi connectivity index (χ0v) is 12.3. The Morgan fingerprint density at radius 2 is 2.21 bits per heavy atom. The highest BCUT2D eigenvalue weighted by Gasteiger charge is 2.60. The second-order valence-corrected chi connectivity index (χ2v) is 6.22. The van der Waals surface area contributed by atoms with Crippen LogP contribution < -0.4 is 5.32 Å². The molecule has 4 heteroatoms. The van der Waals surface area contributed by atoms with E-state index in [1.165, 1.54) is 5.57 Å². The molecular weight excluding hydrogens is 240 g/mol. The van der Waals surface area contributed by atoms with E-state index in [2.05, 4.69) is 44.2 Å². The van der Waals surface area contributed by atoms with Crippen LogP contribution in [0.4, 0.5) is 0 Å². The first-order chi connectivity index (χ1) is 8.82. The summed E-state index contributed by atoms with van der Waals surface area (Å²) in [5.74, 6) is 1.28. The molecule has 0 unspecified atom stereocenters. The van der Waals surface area contributed by atoms with Gasteiger partial charge >= 0.3 is 0 Å². The second-order valence-electron chi connectivity index (χ2n) is 6.22. The summed E-state index contributed by atoms with van der Waals surface area (Å²) in [6, 6.07) is 1.84. The van der Waals surface area contributed by atoms with Crippen molar-refractivity contribution in [3.8, 4) is 0 Å². The summed E-state index contributed by atoms with van der Waals surface area (Å²) in [6.07, 6.45) is 2.20. The van der Waals surface area contributed by atoms with Crippen LogP contribution >= 0.6 is 0 Å². The Morgan fingerprint density at radius 1 is 1.53 bits per heavy atom. The number of aryl methyl sites for hydroxylation is 1. The van der Waals surface area contributed by atoms with E-state index in [9.17, 15) is 4.79 Å². The van der Waals surface area contributed by atoms with Crippen molar-refractivity contribution in [1.29, 1.82) is 0 Å². The first-order valence-electron chi connectivity index (χ1n) is 6.67. The molecule has 1 amide bonds. The zero-order chi connectivity index (χ0) is 14.2. The van der Waals surface area contributed by atoms with Crippen molar-refractivity contribution in [2.24, 2.45) is 17.3 Å². The Hall–Kier alpha value is -1.58. The third-order valence-corrected chi connectivity index (χ3v) is 3.83. The standard InChI is InChI=1S/C15H22N2O2/c1-9(2)6-12-13(15(12,4)5)14(18)16-8-11-7-10(3)19-17-11/h6-7,12-13H,8H2,1-5H3,(H,16,18)/t12-,13-/m1/s1. The molecule has 1 aromatic heterocycles. The molecule has 2 atom stereocenters. The molecule has 0 radical (unpaired) electrons. The van der Waals surface area contributed by atoms with E-state index in [1.54, 1.807) is 0 Å². The van der Waals surface area contributed by atoms with Gasteiger partial charge in [0, 0.05) is 6.07 Å². The maximum absolute atomic E-state index is 12.2. The number of rotatable bonds is 4. The number of allylic oxidation sites excluding steroid dienone is 2. The van der Waals surface area contributed by atoms with Crippen LogP contribution in [0.2, 0.25) is 0 Å². The lowest BCUT2D eigenvalue weighted by Crippen LogP contribution is -2.26. The van der Waals surface area contributed by atoms with Crippen molar-refractivity contribution in [2.45, 2.75) is 41.2 Å². The second kappa shape index (κ2) is 4.83. The summed E-state index contributed by atoms with van der Waals surface area (Å²) in [7, 11) is 0. The Bertz CT molecular complexity index is 510. The Balaban J connectivity index is 1.93. The van der Waals surface area contributed by atoms with Crippen LogP contribution in [0, 0.1) is 24.2 Å². The highest BCUT2D eigenvalue weighted by atomic mass is 16.5. The minimum absolute atomic E-state index is 0.0566. The summed E-state index contributed by atoms with van der Waals surface area (Å²) in [5.41, 5.74) is 2.09. The summed E-state index contributed by atoms with van der Waals surface area (Å²) in [6.45, 7) is 10.7. The molecule has 1 N–H and O–H groups in total. The third-order valence-electron chi connectivity index (χ3n) is 3.83. The number of amides is 1. The maximum Gasteiger partial charge on any atom is 0.224 e. The summed E-state index contributed by atoms with van der Waals surface area (Å²) in [5, 5.41) is 6.81. The van der Waals surface area contributed by atoms with Gasteiger partial charge in [0.05, 0.1) is 12.5 Å². The van der Waals surface area contributed by atoms with Crippen molar-refractivity contribution in [3.05, 3.63) is 29.2 Å². The Morgan fingerprint density at radius 3 is 2.74 bits per heavy atom. The molecule has 4 nitrogen and oxygen atoms in total. The van der Waals surface area contributed by atoms with Crippen LogP contribution in [0.5, 0.6) is 0 Å². The van der Waals surface area contributed by atoms with Gasteiger partial charge in [-0.25, -0.2) is 0 Å². The van der Waals surface area contributed by atoms with Crippen molar-refractivity contribution >= 4 is 5.91 Å². The minimum atomic E-state index is 0.0566. The van der Waals surface area contributed by atoms with Crippen LogP contribution in [0.25, 0.3) is 0 Å². The predicted octanol–water partition coefficient (Wildman–Crippen LogP) is 2.84. The first-order valence-corrected chi connectivity index (χ1v) is 6.67. The normalized spacial score (nSPS) is 23.8. The average molecular weight is 262 g/mol. The largest absolute Gasteiger partial charge is 0.361 e. The number of carbonyl (C=O) groups excluding carboxylic acids is 1. The molecule has 1 aliphatic rings. The van der Waals surface area contributed by atoms with E-state index < -0.39 is 0 Å². The van der Waals surface area contributed by atoms with Crippen LogP contribution in [0.15, 0.2) is 22.2 Å².